The zero-order valence-corrected chi connectivity index (χ0v) is 22.7. The summed E-state index contributed by atoms with van der Waals surface area (Å²) in [5, 5.41) is 2.23. The molecular weight excluding hydrogens is 564 g/mol. The fourth-order valence-corrected chi connectivity index (χ4v) is 5.40. The van der Waals surface area contributed by atoms with Crippen LogP contribution >= 0.6 is 58.2 Å². The molecule has 0 aliphatic carbocycles. The number of carbonyl (C=O) groups excluding carboxylic acids is 3. The first kappa shape index (κ1) is 26.8. The Morgan fingerprint density at radius 3 is 1.94 bits per heavy atom. The summed E-state index contributed by atoms with van der Waals surface area (Å²) in [6, 6.07) is 10.1. The SMILES string of the molecule is CSCCC(C(=O)Nc1ccc(Cc2ccncc2)cc1)N1C(=O)c2c(Cl)c(Cl)c(Cl)c(Cl)c2C1=O. The Balaban J connectivity index is 1.57. The Morgan fingerprint density at radius 1 is 0.889 bits per heavy atom. The summed E-state index contributed by atoms with van der Waals surface area (Å²) in [6.07, 6.45) is 6.29. The minimum absolute atomic E-state index is 0.123. The molecule has 0 saturated heterocycles. The van der Waals surface area contributed by atoms with Gasteiger partial charge in [0.2, 0.25) is 5.91 Å². The maximum atomic E-state index is 13.3. The number of carbonyl (C=O) groups is 3. The molecule has 11 heteroatoms. The minimum Gasteiger partial charge on any atom is -0.324 e. The first-order valence-electron chi connectivity index (χ1n) is 10.8. The molecule has 0 fully saturated rings. The molecule has 6 nitrogen and oxygen atoms in total. The van der Waals surface area contributed by atoms with Crippen molar-refractivity contribution < 1.29 is 14.4 Å². The topological polar surface area (TPSA) is 79.4 Å². The summed E-state index contributed by atoms with van der Waals surface area (Å²) in [5.41, 5.74) is 2.40. The molecule has 1 unspecified atom stereocenters. The molecule has 1 N–H and O–H groups in total. The number of thioether (sulfide) groups is 1. The second-order valence-corrected chi connectivity index (χ2v) is 10.5. The first-order valence-corrected chi connectivity index (χ1v) is 13.7. The predicted octanol–water partition coefficient (Wildman–Crippen LogP) is 6.64. The predicted molar refractivity (Wildman–Crippen MR) is 146 cm³/mol. The molecule has 3 aromatic rings. The summed E-state index contributed by atoms with van der Waals surface area (Å²) < 4.78 is 0. The van der Waals surface area contributed by atoms with Crippen LogP contribution in [0.3, 0.4) is 0 Å². The molecule has 1 aliphatic heterocycles. The van der Waals surface area contributed by atoms with E-state index in [2.05, 4.69) is 10.3 Å². The van der Waals surface area contributed by atoms with Gasteiger partial charge in [-0.05, 0) is 60.2 Å². The number of nitrogens with zero attached hydrogens (tertiary/aromatic N) is 2. The Morgan fingerprint density at radius 2 is 1.42 bits per heavy atom. The van der Waals surface area contributed by atoms with Crippen LogP contribution in [0.5, 0.6) is 0 Å². The zero-order valence-electron chi connectivity index (χ0n) is 18.9. The number of amides is 3. The molecule has 186 valence electrons. The zero-order chi connectivity index (χ0) is 26.0. The highest BCUT2D eigenvalue weighted by atomic mass is 35.5. The number of hydrogen-bond donors (Lipinski definition) is 1. The van der Waals surface area contributed by atoms with Crippen molar-refractivity contribution in [2.45, 2.75) is 18.9 Å². The molecular formula is C25H19Cl4N3O3S. The Kier molecular flexibility index (Phi) is 8.48. The molecule has 0 saturated carbocycles. The maximum Gasteiger partial charge on any atom is 0.263 e. The monoisotopic (exact) mass is 581 g/mol. The Bertz CT molecular complexity index is 1290. The van der Waals surface area contributed by atoms with Crippen LogP contribution < -0.4 is 5.32 Å². The average molecular weight is 583 g/mol. The van der Waals surface area contributed by atoms with Gasteiger partial charge in [0.1, 0.15) is 6.04 Å². The van der Waals surface area contributed by atoms with Crippen LogP contribution in [-0.2, 0) is 11.2 Å². The van der Waals surface area contributed by atoms with E-state index >= 15 is 0 Å². The van der Waals surface area contributed by atoms with Crippen LogP contribution in [0.4, 0.5) is 5.69 Å². The number of hydrogen-bond acceptors (Lipinski definition) is 5. The van der Waals surface area contributed by atoms with E-state index in [0.29, 0.717) is 11.4 Å². The fourth-order valence-electron chi connectivity index (χ4n) is 3.92. The van der Waals surface area contributed by atoms with E-state index < -0.39 is 23.8 Å². The number of imide groups is 1. The van der Waals surface area contributed by atoms with Gasteiger partial charge in [0, 0.05) is 18.1 Å². The summed E-state index contributed by atoms with van der Waals surface area (Å²) >= 11 is 26.2. The number of halogens is 4. The lowest BCUT2D eigenvalue weighted by molar-refractivity contribution is -0.120. The second-order valence-electron chi connectivity index (χ2n) is 8.00. The lowest BCUT2D eigenvalue weighted by atomic mass is 10.1. The minimum atomic E-state index is -1.09. The molecule has 1 aromatic heterocycles. The molecule has 2 heterocycles. The van der Waals surface area contributed by atoms with Gasteiger partial charge in [0.05, 0.1) is 31.2 Å². The number of benzene rings is 2. The Labute approximate surface area is 232 Å². The molecule has 0 spiro atoms. The van der Waals surface area contributed by atoms with Crippen LogP contribution in [-0.4, -0.2) is 45.7 Å². The highest BCUT2D eigenvalue weighted by molar-refractivity contribution is 7.98. The highest BCUT2D eigenvalue weighted by Gasteiger charge is 2.46. The molecule has 1 atom stereocenters. The summed E-state index contributed by atoms with van der Waals surface area (Å²) in [6.45, 7) is 0. The molecule has 36 heavy (non-hydrogen) atoms. The number of fused-ring (bicyclic) bond motifs is 1. The van der Waals surface area contributed by atoms with Crippen molar-refractivity contribution in [3.63, 3.8) is 0 Å². The summed E-state index contributed by atoms with van der Waals surface area (Å²) in [5.74, 6) is -1.46. The molecule has 4 rings (SSSR count). The Hall–Kier alpha value is -2.29. The van der Waals surface area contributed by atoms with Crippen molar-refractivity contribution in [2.75, 3.05) is 17.3 Å². The highest BCUT2D eigenvalue weighted by Crippen LogP contribution is 2.45. The molecule has 0 bridgehead atoms. The lowest BCUT2D eigenvalue weighted by Crippen LogP contribution is -2.47. The largest absolute Gasteiger partial charge is 0.324 e. The van der Waals surface area contributed by atoms with E-state index in [1.807, 2.05) is 30.5 Å². The van der Waals surface area contributed by atoms with E-state index in [9.17, 15) is 14.4 Å². The van der Waals surface area contributed by atoms with Crippen LogP contribution in [0, 0.1) is 0 Å². The number of nitrogens with one attached hydrogen (secondary N) is 1. The van der Waals surface area contributed by atoms with Crippen molar-refractivity contribution >= 4 is 81.6 Å². The van der Waals surface area contributed by atoms with Gasteiger partial charge in [-0.2, -0.15) is 11.8 Å². The van der Waals surface area contributed by atoms with E-state index in [-0.39, 0.29) is 37.6 Å². The number of anilines is 1. The molecule has 1 aliphatic rings. The quantitative estimate of drug-likeness (QED) is 0.183. The van der Waals surface area contributed by atoms with Crippen molar-refractivity contribution in [1.29, 1.82) is 0 Å². The third-order valence-corrected chi connectivity index (χ3v) is 8.17. The van der Waals surface area contributed by atoms with Crippen molar-refractivity contribution in [1.82, 2.24) is 9.88 Å². The van der Waals surface area contributed by atoms with Gasteiger partial charge in [-0.25, -0.2) is 0 Å². The van der Waals surface area contributed by atoms with E-state index in [0.717, 1.165) is 22.4 Å². The summed E-state index contributed by atoms with van der Waals surface area (Å²) in [4.78, 5) is 44.8. The third-order valence-electron chi connectivity index (χ3n) is 5.72. The number of aromatic nitrogens is 1. The summed E-state index contributed by atoms with van der Waals surface area (Å²) in [7, 11) is 0. The van der Waals surface area contributed by atoms with Gasteiger partial charge >= 0.3 is 0 Å². The lowest BCUT2D eigenvalue weighted by Gasteiger charge is -2.25. The van der Waals surface area contributed by atoms with Crippen LogP contribution in [0.15, 0.2) is 48.8 Å². The van der Waals surface area contributed by atoms with Gasteiger partial charge in [-0.15, -0.1) is 0 Å². The molecule has 2 aromatic carbocycles. The number of pyridine rings is 1. The van der Waals surface area contributed by atoms with Gasteiger partial charge in [0.25, 0.3) is 11.8 Å². The number of rotatable bonds is 8. The van der Waals surface area contributed by atoms with Crippen molar-refractivity contribution in [2.24, 2.45) is 0 Å². The fraction of sp³-hybridized carbons (Fsp3) is 0.200. The second kappa shape index (κ2) is 11.4. The van der Waals surface area contributed by atoms with E-state index in [4.69, 9.17) is 46.4 Å². The average Bonchev–Trinajstić information content (AvgIpc) is 3.13. The van der Waals surface area contributed by atoms with Gasteiger partial charge in [-0.3, -0.25) is 24.3 Å². The normalized spacial score (nSPS) is 13.6. The van der Waals surface area contributed by atoms with Crippen molar-refractivity contribution in [3.8, 4) is 0 Å². The molecule has 0 radical (unpaired) electrons. The first-order chi connectivity index (χ1) is 17.2. The third kappa shape index (κ3) is 5.22. The molecule has 3 amide bonds. The standard InChI is InChI=1S/C25H19Cl4N3O3S/c1-36-11-8-16(32-24(34)17-18(25(32)35)20(27)22(29)21(28)19(17)26)23(33)31-15-4-2-13(3-5-15)12-14-6-9-30-10-7-14/h2-7,9-10,16H,8,11-12H2,1H3,(H,31,33). The van der Waals surface area contributed by atoms with Gasteiger partial charge in [-0.1, -0.05) is 58.5 Å². The van der Waals surface area contributed by atoms with Gasteiger partial charge < -0.3 is 5.32 Å². The smallest absolute Gasteiger partial charge is 0.263 e. The van der Waals surface area contributed by atoms with Crippen LogP contribution in [0.25, 0.3) is 0 Å². The van der Waals surface area contributed by atoms with E-state index in [1.54, 1.807) is 24.5 Å². The van der Waals surface area contributed by atoms with Gasteiger partial charge in [0.15, 0.2) is 0 Å². The van der Waals surface area contributed by atoms with Crippen LogP contribution in [0.2, 0.25) is 20.1 Å². The van der Waals surface area contributed by atoms with Crippen LogP contribution in [0.1, 0.15) is 38.3 Å². The van der Waals surface area contributed by atoms with E-state index in [1.165, 1.54) is 11.8 Å². The van der Waals surface area contributed by atoms with Crippen molar-refractivity contribution in [3.05, 3.63) is 91.1 Å². The maximum absolute atomic E-state index is 13.3.